The highest BCUT2D eigenvalue weighted by molar-refractivity contribution is 5.81. The number of anilines is 1. The number of rotatable bonds is 2. The molecule has 1 atom stereocenters. The number of nitrogens with zero attached hydrogens (tertiary/aromatic N) is 2. The molecular weight excluding hydrogens is 264 g/mol. The highest BCUT2D eigenvalue weighted by Crippen LogP contribution is 2.28. The number of aliphatic hydroxyl groups excluding tert-OH is 1. The van der Waals surface area contributed by atoms with E-state index in [1.165, 1.54) is 0 Å². The number of aromatic nitrogens is 1. The molecule has 2 heterocycles. The molecule has 0 bridgehead atoms. The fraction of sp³-hybridized carbons (Fsp3) is 0.471. The van der Waals surface area contributed by atoms with Crippen LogP contribution < -0.4 is 4.90 Å². The third-order valence-corrected chi connectivity index (χ3v) is 3.87. The van der Waals surface area contributed by atoms with Crippen molar-refractivity contribution in [3.63, 3.8) is 0 Å². The average molecular weight is 286 g/mol. The number of benzene rings is 1. The van der Waals surface area contributed by atoms with Crippen LogP contribution in [-0.4, -0.2) is 41.5 Å². The Kier molecular flexibility index (Phi) is 3.59. The van der Waals surface area contributed by atoms with E-state index in [4.69, 9.17) is 9.72 Å². The summed E-state index contributed by atoms with van der Waals surface area (Å²) in [6.07, 6.45) is -0.165. The molecule has 2 aromatic rings. The van der Waals surface area contributed by atoms with Gasteiger partial charge < -0.3 is 14.7 Å². The van der Waals surface area contributed by atoms with Gasteiger partial charge in [-0.15, -0.1) is 0 Å². The van der Waals surface area contributed by atoms with Gasteiger partial charge in [-0.25, -0.2) is 4.98 Å². The van der Waals surface area contributed by atoms with Crippen LogP contribution in [0.5, 0.6) is 0 Å². The number of fused-ring (bicyclic) bond motifs is 1. The van der Waals surface area contributed by atoms with E-state index >= 15 is 0 Å². The summed E-state index contributed by atoms with van der Waals surface area (Å²) in [7, 11) is 0. The number of aryl methyl sites for hydroxylation is 1. The van der Waals surface area contributed by atoms with Crippen molar-refractivity contribution in [3.05, 3.63) is 35.9 Å². The summed E-state index contributed by atoms with van der Waals surface area (Å²) in [4.78, 5) is 7.05. The summed E-state index contributed by atoms with van der Waals surface area (Å²) in [5.74, 6) is 0.989. The lowest BCUT2D eigenvalue weighted by Crippen LogP contribution is -2.54. The number of aliphatic hydroxyl groups is 1. The number of pyridine rings is 1. The minimum atomic E-state index is -0.286. The van der Waals surface area contributed by atoms with Crippen molar-refractivity contribution in [3.8, 4) is 0 Å². The maximum absolute atomic E-state index is 9.46. The molecule has 1 aromatic heterocycles. The number of ether oxygens (including phenoxy) is 1. The first-order valence-corrected chi connectivity index (χ1v) is 7.38. The molecule has 0 saturated carbocycles. The molecule has 1 saturated heterocycles. The number of hydrogen-bond acceptors (Lipinski definition) is 4. The maximum Gasteiger partial charge on any atom is 0.132 e. The Morgan fingerprint density at radius 2 is 2.14 bits per heavy atom. The lowest BCUT2D eigenvalue weighted by molar-refractivity contribution is -0.101. The highest BCUT2D eigenvalue weighted by Gasteiger charge is 2.34. The van der Waals surface area contributed by atoms with Crippen molar-refractivity contribution in [2.75, 3.05) is 24.6 Å². The quantitative estimate of drug-likeness (QED) is 0.921. The summed E-state index contributed by atoms with van der Waals surface area (Å²) in [6.45, 7) is 7.68. The van der Waals surface area contributed by atoms with E-state index in [2.05, 4.69) is 37.8 Å². The van der Waals surface area contributed by atoms with Crippen LogP contribution >= 0.6 is 0 Å². The van der Waals surface area contributed by atoms with Crippen LogP contribution in [0.25, 0.3) is 10.9 Å². The molecule has 1 N–H and O–H groups in total. The number of para-hydroxylation sites is 1. The molecule has 1 aliphatic heterocycles. The molecule has 1 aromatic carbocycles. The molecule has 0 amide bonds. The Bertz CT molecular complexity index is 654. The fourth-order valence-electron chi connectivity index (χ4n) is 3.08. The standard InChI is InChI=1S/C17H22N2O2/c1-12-8-13-6-4-5-7-15(13)18-16(12)19-9-14(10-20)21-17(2,3)11-19/h4-8,14,20H,9-11H2,1-3H3. The van der Waals surface area contributed by atoms with Crippen molar-refractivity contribution in [2.45, 2.75) is 32.5 Å². The van der Waals surface area contributed by atoms with Gasteiger partial charge in [0.15, 0.2) is 0 Å². The van der Waals surface area contributed by atoms with E-state index in [1.54, 1.807) is 0 Å². The zero-order valence-electron chi connectivity index (χ0n) is 12.8. The van der Waals surface area contributed by atoms with E-state index in [9.17, 15) is 5.11 Å². The average Bonchev–Trinajstić information content (AvgIpc) is 2.44. The van der Waals surface area contributed by atoms with E-state index in [0.29, 0.717) is 6.54 Å². The molecule has 1 fully saturated rings. The monoisotopic (exact) mass is 286 g/mol. The fourth-order valence-corrected chi connectivity index (χ4v) is 3.08. The van der Waals surface area contributed by atoms with Gasteiger partial charge in [0, 0.05) is 18.5 Å². The third-order valence-electron chi connectivity index (χ3n) is 3.87. The molecule has 1 unspecified atom stereocenters. The first-order chi connectivity index (χ1) is 9.98. The van der Waals surface area contributed by atoms with Gasteiger partial charge >= 0.3 is 0 Å². The second kappa shape index (κ2) is 5.28. The van der Waals surface area contributed by atoms with Gasteiger partial charge in [-0.05, 0) is 38.5 Å². The first-order valence-electron chi connectivity index (χ1n) is 7.38. The number of hydrogen-bond donors (Lipinski definition) is 1. The smallest absolute Gasteiger partial charge is 0.132 e. The Morgan fingerprint density at radius 1 is 1.38 bits per heavy atom. The topological polar surface area (TPSA) is 45.6 Å². The van der Waals surface area contributed by atoms with E-state index < -0.39 is 0 Å². The van der Waals surface area contributed by atoms with Gasteiger partial charge in [0.2, 0.25) is 0 Å². The lowest BCUT2D eigenvalue weighted by Gasteiger charge is -2.43. The summed E-state index contributed by atoms with van der Waals surface area (Å²) in [6, 6.07) is 10.3. The van der Waals surface area contributed by atoms with E-state index in [1.807, 2.05) is 18.2 Å². The minimum Gasteiger partial charge on any atom is -0.394 e. The van der Waals surface area contributed by atoms with Gasteiger partial charge in [-0.3, -0.25) is 0 Å². The molecule has 0 aliphatic carbocycles. The maximum atomic E-state index is 9.46. The molecule has 0 radical (unpaired) electrons. The van der Waals surface area contributed by atoms with Crippen LogP contribution in [0.1, 0.15) is 19.4 Å². The van der Waals surface area contributed by atoms with Crippen LogP contribution in [0.2, 0.25) is 0 Å². The van der Waals surface area contributed by atoms with Crippen molar-refractivity contribution >= 4 is 16.7 Å². The van der Waals surface area contributed by atoms with Gasteiger partial charge in [-0.1, -0.05) is 18.2 Å². The summed E-state index contributed by atoms with van der Waals surface area (Å²) in [5.41, 5.74) is 1.87. The van der Waals surface area contributed by atoms with Crippen molar-refractivity contribution in [2.24, 2.45) is 0 Å². The van der Waals surface area contributed by atoms with Crippen LogP contribution in [0.3, 0.4) is 0 Å². The SMILES string of the molecule is Cc1cc2ccccc2nc1N1CC(CO)OC(C)(C)C1. The van der Waals surface area contributed by atoms with Crippen molar-refractivity contribution in [1.82, 2.24) is 4.98 Å². The minimum absolute atomic E-state index is 0.0343. The zero-order valence-corrected chi connectivity index (χ0v) is 12.8. The first kappa shape index (κ1) is 14.3. The Labute approximate surface area is 125 Å². The predicted octanol–water partition coefficient (Wildman–Crippen LogP) is 2.52. The van der Waals surface area contributed by atoms with Crippen LogP contribution in [0.4, 0.5) is 5.82 Å². The molecule has 4 nitrogen and oxygen atoms in total. The largest absolute Gasteiger partial charge is 0.394 e. The highest BCUT2D eigenvalue weighted by atomic mass is 16.5. The zero-order chi connectivity index (χ0) is 15.0. The van der Waals surface area contributed by atoms with E-state index in [0.717, 1.165) is 28.8 Å². The van der Waals surface area contributed by atoms with Gasteiger partial charge in [0.05, 0.1) is 23.8 Å². The molecule has 112 valence electrons. The second-order valence-electron chi connectivity index (χ2n) is 6.38. The Balaban J connectivity index is 2.00. The van der Waals surface area contributed by atoms with Gasteiger partial charge in [0.1, 0.15) is 5.82 Å². The third kappa shape index (κ3) is 2.87. The molecule has 3 rings (SSSR count). The summed E-state index contributed by atoms with van der Waals surface area (Å²) < 4.78 is 5.88. The normalized spacial score (nSPS) is 21.7. The molecule has 21 heavy (non-hydrogen) atoms. The predicted molar refractivity (Wildman–Crippen MR) is 84.7 cm³/mol. The number of morpholine rings is 1. The Morgan fingerprint density at radius 3 is 2.90 bits per heavy atom. The van der Waals surface area contributed by atoms with Gasteiger partial charge in [-0.2, -0.15) is 0 Å². The second-order valence-corrected chi connectivity index (χ2v) is 6.38. The molecule has 0 spiro atoms. The van der Waals surface area contributed by atoms with Crippen molar-refractivity contribution < 1.29 is 9.84 Å². The molecule has 4 heteroatoms. The van der Waals surface area contributed by atoms with E-state index in [-0.39, 0.29) is 18.3 Å². The molecule has 1 aliphatic rings. The van der Waals surface area contributed by atoms with Crippen molar-refractivity contribution in [1.29, 1.82) is 0 Å². The summed E-state index contributed by atoms with van der Waals surface area (Å²) >= 11 is 0. The lowest BCUT2D eigenvalue weighted by atomic mass is 10.0. The van der Waals surface area contributed by atoms with Crippen LogP contribution in [0.15, 0.2) is 30.3 Å². The molecular formula is C17H22N2O2. The van der Waals surface area contributed by atoms with Gasteiger partial charge in [0.25, 0.3) is 0 Å². The van der Waals surface area contributed by atoms with Crippen LogP contribution in [-0.2, 0) is 4.74 Å². The summed E-state index contributed by atoms with van der Waals surface area (Å²) in [5, 5.41) is 10.6. The van der Waals surface area contributed by atoms with Crippen LogP contribution in [0, 0.1) is 6.92 Å². The Hall–Kier alpha value is -1.65.